The molecule has 0 fully saturated rings. The Kier molecular flexibility index (Phi) is 12.3. The van der Waals surface area contributed by atoms with E-state index in [2.05, 4.69) is 39.8 Å². The lowest BCUT2D eigenvalue weighted by Gasteiger charge is -2.23. The second-order valence-corrected chi connectivity index (χ2v) is 9.23. The lowest BCUT2D eigenvalue weighted by Crippen LogP contribution is -2.32. The van der Waals surface area contributed by atoms with Crippen LogP contribution in [0.25, 0.3) is 0 Å². The second kappa shape index (κ2) is 14.1. The fraction of sp³-hybridized carbons (Fsp3) is 0.654. The van der Waals surface area contributed by atoms with Crippen LogP contribution in [0.2, 0.25) is 0 Å². The maximum Gasteiger partial charge on any atom is 0.225 e. The van der Waals surface area contributed by atoms with Gasteiger partial charge in [0.25, 0.3) is 0 Å². The second-order valence-electron chi connectivity index (χ2n) is 9.23. The van der Waals surface area contributed by atoms with Crippen LogP contribution in [0.1, 0.15) is 52.5 Å². The smallest absolute Gasteiger partial charge is 0.225 e. The van der Waals surface area contributed by atoms with Gasteiger partial charge in [0.15, 0.2) is 11.5 Å². The van der Waals surface area contributed by atoms with Crippen molar-refractivity contribution in [3.8, 4) is 11.5 Å². The molecule has 176 valence electrons. The first kappa shape index (κ1) is 27.0. The molecule has 1 aromatic rings. The van der Waals surface area contributed by atoms with Gasteiger partial charge in [-0.3, -0.25) is 4.79 Å². The van der Waals surface area contributed by atoms with Crippen molar-refractivity contribution in [1.29, 1.82) is 0 Å². The van der Waals surface area contributed by atoms with Crippen LogP contribution in [0.3, 0.4) is 0 Å². The molecule has 1 rings (SSSR count). The number of allylic oxidation sites excluding steroid dienone is 2. The maximum absolute atomic E-state index is 12.4. The van der Waals surface area contributed by atoms with E-state index in [4.69, 9.17) is 9.47 Å². The summed E-state index contributed by atoms with van der Waals surface area (Å²) in [5.41, 5.74) is 1.16. The number of rotatable bonds is 14. The van der Waals surface area contributed by atoms with E-state index >= 15 is 0 Å². The van der Waals surface area contributed by atoms with Gasteiger partial charge in [0, 0.05) is 40.2 Å². The summed E-state index contributed by atoms with van der Waals surface area (Å²) in [7, 11) is 5.31. The quantitative estimate of drug-likeness (QED) is 0.319. The van der Waals surface area contributed by atoms with Crippen LogP contribution in [-0.2, 0) is 16.0 Å². The molecule has 0 aromatic heterocycles. The third-order valence-electron chi connectivity index (χ3n) is 5.77. The maximum atomic E-state index is 12.4. The molecule has 31 heavy (non-hydrogen) atoms. The molecule has 0 aliphatic rings. The normalized spacial score (nSPS) is 13.7. The SMILES string of the molecule is COCCCOc1cc(CC(C/C=C/C[C@H](C(=O)N(C)C)C(C)C)C(C)C)ccc1O. The molecule has 0 heterocycles. The van der Waals surface area contributed by atoms with E-state index in [0.717, 1.165) is 31.2 Å². The number of phenols is 1. The molecule has 1 N–H and O–H groups in total. The van der Waals surface area contributed by atoms with Crippen LogP contribution in [-0.4, -0.2) is 50.3 Å². The number of carbonyl (C=O) groups excluding carboxylic acids is 1. The Labute approximate surface area is 189 Å². The molecule has 0 aliphatic heterocycles. The fourth-order valence-corrected chi connectivity index (χ4v) is 3.58. The molecular weight excluding hydrogens is 390 g/mol. The van der Waals surface area contributed by atoms with Crippen molar-refractivity contribution in [3.63, 3.8) is 0 Å². The van der Waals surface area contributed by atoms with E-state index in [1.807, 2.05) is 26.2 Å². The van der Waals surface area contributed by atoms with E-state index < -0.39 is 0 Å². The zero-order valence-corrected chi connectivity index (χ0v) is 20.6. The Morgan fingerprint density at radius 2 is 1.74 bits per heavy atom. The van der Waals surface area contributed by atoms with Gasteiger partial charge < -0.3 is 19.5 Å². The highest BCUT2D eigenvalue weighted by Crippen LogP contribution is 2.30. The van der Waals surface area contributed by atoms with Gasteiger partial charge >= 0.3 is 0 Å². The number of amides is 1. The number of benzene rings is 1. The summed E-state index contributed by atoms with van der Waals surface area (Å²) in [4.78, 5) is 14.1. The molecule has 0 radical (unpaired) electrons. The molecule has 1 aromatic carbocycles. The number of aromatic hydroxyl groups is 1. The van der Waals surface area contributed by atoms with Crippen LogP contribution in [0.15, 0.2) is 30.4 Å². The average molecular weight is 434 g/mol. The summed E-state index contributed by atoms with van der Waals surface area (Å²) in [5.74, 6) is 2.25. The van der Waals surface area contributed by atoms with E-state index in [1.54, 1.807) is 18.1 Å². The molecule has 0 aliphatic carbocycles. The number of ether oxygens (including phenoxy) is 2. The van der Waals surface area contributed by atoms with Crippen molar-refractivity contribution in [2.75, 3.05) is 34.4 Å². The Balaban J connectivity index is 2.72. The summed E-state index contributed by atoms with van der Waals surface area (Å²) in [6.07, 6.45) is 7.84. The van der Waals surface area contributed by atoms with E-state index in [-0.39, 0.29) is 17.6 Å². The number of hydrogen-bond donors (Lipinski definition) is 1. The number of hydrogen-bond acceptors (Lipinski definition) is 4. The molecule has 5 nitrogen and oxygen atoms in total. The minimum atomic E-state index is 0.0265. The first-order valence-corrected chi connectivity index (χ1v) is 11.5. The number of methoxy groups -OCH3 is 1. The highest BCUT2D eigenvalue weighted by atomic mass is 16.5. The zero-order chi connectivity index (χ0) is 23.4. The van der Waals surface area contributed by atoms with Gasteiger partial charge in [-0.25, -0.2) is 0 Å². The molecule has 0 saturated heterocycles. The van der Waals surface area contributed by atoms with Crippen LogP contribution >= 0.6 is 0 Å². The summed E-state index contributed by atoms with van der Waals surface area (Å²) < 4.78 is 10.8. The Bertz CT molecular complexity index is 682. The van der Waals surface area contributed by atoms with Gasteiger partial charge in [-0.15, -0.1) is 0 Å². The fourth-order valence-electron chi connectivity index (χ4n) is 3.58. The van der Waals surface area contributed by atoms with E-state index in [0.29, 0.717) is 36.7 Å². The van der Waals surface area contributed by atoms with E-state index in [1.165, 1.54) is 0 Å². The van der Waals surface area contributed by atoms with Gasteiger partial charge in [-0.1, -0.05) is 45.9 Å². The molecule has 5 heteroatoms. The standard InChI is InChI=1S/C26H43NO4/c1-19(2)22(11-8-9-12-23(20(3)4)26(29)27(5)6)17-21-13-14-24(28)25(18-21)31-16-10-15-30-7/h8-9,13-14,18-20,22-23,28H,10-12,15-17H2,1-7H3/b9-8+/t22?,23-/m0/s1. The highest BCUT2D eigenvalue weighted by Gasteiger charge is 2.22. The summed E-state index contributed by atoms with van der Waals surface area (Å²) in [6.45, 7) is 9.86. The summed E-state index contributed by atoms with van der Waals surface area (Å²) in [5, 5.41) is 10.1. The lowest BCUT2D eigenvalue weighted by atomic mass is 9.85. The zero-order valence-electron chi connectivity index (χ0n) is 20.6. The Morgan fingerprint density at radius 1 is 1.06 bits per heavy atom. The molecular formula is C26H43NO4. The highest BCUT2D eigenvalue weighted by molar-refractivity contribution is 5.78. The first-order chi connectivity index (χ1) is 14.7. The van der Waals surface area contributed by atoms with Crippen molar-refractivity contribution in [1.82, 2.24) is 4.90 Å². The van der Waals surface area contributed by atoms with Gasteiger partial charge in [0.2, 0.25) is 5.91 Å². The molecule has 1 unspecified atom stereocenters. The number of phenolic OH excluding ortho intramolecular Hbond substituents is 1. The topological polar surface area (TPSA) is 59.0 Å². The molecule has 0 saturated carbocycles. The van der Waals surface area contributed by atoms with Gasteiger partial charge in [-0.05, 0) is 54.7 Å². The monoisotopic (exact) mass is 433 g/mol. The minimum Gasteiger partial charge on any atom is -0.504 e. The predicted octanol–water partition coefficient (Wildman–Crippen LogP) is 5.32. The van der Waals surface area contributed by atoms with Crippen molar-refractivity contribution in [3.05, 3.63) is 35.9 Å². The Morgan fingerprint density at radius 3 is 2.32 bits per heavy atom. The van der Waals surface area contributed by atoms with Crippen molar-refractivity contribution >= 4 is 5.91 Å². The Hall–Kier alpha value is -2.01. The van der Waals surface area contributed by atoms with Crippen LogP contribution in [0.4, 0.5) is 0 Å². The largest absolute Gasteiger partial charge is 0.504 e. The molecule has 1 amide bonds. The minimum absolute atomic E-state index is 0.0265. The summed E-state index contributed by atoms with van der Waals surface area (Å²) >= 11 is 0. The van der Waals surface area contributed by atoms with Crippen LogP contribution in [0, 0.1) is 23.7 Å². The molecule has 2 atom stereocenters. The van der Waals surface area contributed by atoms with Crippen molar-refractivity contribution in [2.24, 2.45) is 23.7 Å². The van der Waals surface area contributed by atoms with E-state index in [9.17, 15) is 9.90 Å². The predicted molar refractivity (Wildman–Crippen MR) is 128 cm³/mol. The van der Waals surface area contributed by atoms with Crippen LogP contribution in [0.5, 0.6) is 11.5 Å². The first-order valence-electron chi connectivity index (χ1n) is 11.5. The van der Waals surface area contributed by atoms with Crippen molar-refractivity contribution < 1.29 is 19.4 Å². The third kappa shape index (κ3) is 9.77. The number of nitrogens with zero attached hydrogens (tertiary/aromatic N) is 1. The number of carbonyl (C=O) groups is 1. The van der Waals surface area contributed by atoms with Gasteiger partial charge in [0.1, 0.15) is 0 Å². The summed E-state index contributed by atoms with van der Waals surface area (Å²) in [6, 6.07) is 5.64. The lowest BCUT2D eigenvalue weighted by molar-refractivity contribution is -0.134. The molecule has 0 bridgehead atoms. The van der Waals surface area contributed by atoms with Crippen molar-refractivity contribution in [2.45, 2.75) is 53.4 Å². The average Bonchev–Trinajstić information content (AvgIpc) is 2.71. The molecule has 0 spiro atoms. The van der Waals surface area contributed by atoms with Gasteiger partial charge in [-0.2, -0.15) is 0 Å². The van der Waals surface area contributed by atoms with Gasteiger partial charge in [0.05, 0.1) is 6.61 Å². The van der Waals surface area contributed by atoms with Crippen LogP contribution < -0.4 is 4.74 Å². The third-order valence-corrected chi connectivity index (χ3v) is 5.77.